The first-order valence-electron chi connectivity index (χ1n) is 7.74. The van der Waals surface area contributed by atoms with Gasteiger partial charge in [-0.3, -0.25) is 4.79 Å². The van der Waals surface area contributed by atoms with E-state index in [0.717, 1.165) is 18.9 Å². The predicted molar refractivity (Wildman–Crippen MR) is 93.8 cm³/mol. The first-order valence-corrected chi connectivity index (χ1v) is 9.56. The minimum Gasteiger partial charge on any atom is -0.319 e. The van der Waals surface area contributed by atoms with E-state index in [2.05, 4.69) is 5.32 Å². The molecule has 0 unspecified atom stereocenters. The number of anilines is 1. The Kier molecular flexibility index (Phi) is 5.08. The molecule has 0 spiro atoms. The van der Waals surface area contributed by atoms with Gasteiger partial charge < -0.3 is 5.32 Å². The van der Waals surface area contributed by atoms with Crippen LogP contribution in [0.3, 0.4) is 0 Å². The summed E-state index contributed by atoms with van der Waals surface area (Å²) in [6.07, 6.45) is 1.71. The van der Waals surface area contributed by atoms with Crippen molar-refractivity contribution in [2.75, 3.05) is 18.4 Å². The van der Waals surface area contributed by atoms with Gasteiger partial charge in [0.05, 0.1) is 10.6 Å². The van der Waals surface area contributed by atoms with Gasteiger partial charge in [0.1, 0.15) is 5.82 Å². The molecular weight excluding hydrogens is 367 g/mol. The maximum Gasteiger partial charge on any atom is 0.255 e. The van der Waals surface area contributed by atoms with Crippen LogP contribution in [0.5, 0.6) is 0 Å². The normalized spacial score (nSPS) is 15.3. The molecule has 2 aromatic carbocycles. The number of hydrogen-bond donors (Lipinski definition) is 1. The van der Waals surface area contributed by atoms with E-state index < -0.39 is 21.7 Å². The van der Waals surface area contributed by atoms with Crippen molar-refractivity contribution < 1.29 is 17.6 Å². The standard InChI is InChI=1S/C17H16ClFN2O3S/c18-13-5-8-16(15(19)11-13)20-17(22)12-3-6-14(7-4-12)25(23,24)21-9-1-2-10-21/h3-8,11H,1-2,9-10H2,(H,20,22). The molecule has 25 heavy (non-hydrogen) atoms. The van der Waals surface area contributed by atoms with Crippen LogP contribution < -0.4 is 5.32 Å². The Labute approximate surface area is 150 Å². The lowest BCUT2D eigenvalue weighted by atomic mass is 10.2. The van der Waals surface area contributed by atoms with Crippen molar-refractivity contribution in [2.45, 2.75) is 17.7 Å². The van der Waals surface area contributed by atoms with Gasteiger partial charge in [-0.25, -0.2) is 12.8 Å². The smallest absolute Gasteiger partial charge is 0.255 e. The zero-order valence-corrected chi connectivity index (χ0v) is 14.8. The van der Waals surface area contributed by atoms with E-state index >= 15 is 0 Å². The van der Waals surface area contributed by atoms with Crippen LogP contribution >= 0.6 is 11.6 Å². The highest BCUT2D eigenvalue weighted by atomic mass is 35.5. The monoisotopic (exact) mass is 382 g/mol. The lowest BCUT2D eigenvalue weighted by Gasteiger charge is -2.15. The fourth-order valence-corrected chi connectivity index (χ4v) is 4.32. The second-order valence-electron chi connectivity index (χ2n) is 5.71. The van der Waals surface area contributed by atoms with Crippen molar-refractivity contribution in [1.82, 2.24) is 4.31 Å². The number of rotatable bonds is 4. The zero-order chi connectivity index (χ0) is 18.0. The maximum absolute atomic E-state index is 13.7. The third-order valence-corrected chi connectivity index (χ3v) is 6.15. The molecule has 1 N–H and O–H groups in total. The number of sulfonamides is 1. The van der Waals surface area contributed by atoms with Gasteiger partial charge in [0, 0.05) is 23.7 Å². The van der Waals surface area contributed by atoms with Crippen LogP contribution in [0.15, 0.2) is 47.4 Å². The molecule has 8 heteroatoms. The molecule has 5 nitrogen and oxygen atoms in total. The summed E-state index contributed by atoms with van der Waals surface area (Å²) < 4.78 is 40.1. The van der Waals surface area contributed by atoms with Crippen LogP contribution in [0.2, 0.25) is 5.02 Å². The van der Waals surface area contributed by atoms with Gasteiger partial charge in [-0.15, -0.1) is 0 Å². The van der Waals surface area contributed by atoms with Crippen molar-refractivity contribution >= 4 is 33.2 Å². The van der Waals surface area contributed by atoms with Gasteiger partial charge in [0.15, 0.2) is 0 Å². The predicted octanol–water partition coefficient (Wildman–Crippen LogP) is 3.52. The largest absolute Gasteiger partial charge is 0.319 e. The number of nitrogens with zero attached hydrogens (tertiary/aromatic N) is 1. The minimum atomic E-state index is -3.52. The van der Waals surface area contributed by atoms with Crippen molar-refractivity contribution in [2.24, 2.45) is 0 Å². The van der Waals surface area contributed by atoms with Gasteiger partial charge in [0.25, 0.3) is 5.91 Å². The van der Waals surface area contributed by atoms with E-state index in [1.807, 2.05) is 0 Å². The Morgan fingerprint density at radius 3 is 2.32 bits per heavy atom. The SMILES string of the molecule is O=C(Nc1ccc(Cl)cc1F)c1ccc(S(=O)(=O)N2CCCC2)cc1. The van der Waals surface area contributed by atoms with Crippen molar-refractivity contribution in [3.8, 4) is 0 Å². The van der Waals surface area contributed by atoms with Gasteiger partial charge in [-0.2, -0.15) is 4.31 Å². The molecular formula is C17H16ClFN2O3S. The second-order valence-corrected chi connectivity index (χ2v) is 8.09. The molecule has 0 saturated carbocycles. The van der Waals surface area contributed by atoms with Crippen LogP contribution in [0.4, 0.5) is 10.1 Å². The minimum absolute atomic E-state index is 0.00293. The molecule has 0 bridgehead atoms. The van der Waals surface area contributed by atoms with E-state index in [1.165, 1.54) is 40.7 Å². The number of nitrogens with one attached hydrogen (secondary N) is 1. The number of carbonyl (C=O) groups is 1. The lowest BCUT2D eigenvalue weighted by Crippen LogP contribution is -2.27. The third-order valence-electron chi connectivity index (χ3n) is 4.00. The first-order chi connectivity index (χ1) is 11.9. The summed E-state index contributed by atoms with van der Waals surface area (Å²) in [5, 5.41) is 2.66. The van der Waals surface area contributed by atoms with Crippen LogP contribution in [0.25, 0.3) is 0 Å². The first kappa shape index (κ1) is 17.8. The molecule has 1 fully saturated rings. The van der Waals surface area contributed by atoms with E-state index in [4.69, 9.17) is 11.6 Å². The van der Waals surface area contributed by atoms with Crippen LogP contribution in [0, 0.1) is 5.82 Å². The summed E-state index contributed by atoms with van der Waals surface area (Å²) in [6.45, 7) is 1.03. The van der Waals surface area contributed by atoms with E-state index in [9.17, 15) is 17.6 Å². The van der Waals surface area contributed by atoms with E-state index in [0.29, 0.717) is 13.1 Å². The molecule has 0 radical (unpaired) electrons. The summed E-state index contributed by atoms with van der Waals surface area (Å²) in [4.78, 5) is 12.3. The Bertz CT molecular complexity index is 895. The Hall–Kier alpha value is -1.96. The fraction of sp³-hybridized carbons (Fsp3) is 0.235. The van der Waals surface area contributed by atoms with E-state index in [1.54, 1.807) is 0 Å². The van der Waals surface area contributed by atoms with Crippen LogP contribution in [-0.4, -0.2) is 31.7 Å². The fourth-order valence-electron chi connectivity index (χ4n) is 2.64. The molecule has 3 rings (SSSR count). The van der Waals surface area contributed by atoms with Crippen molar-refractivity contribution in [3.05, 3.63) is 58.9 Å². The van der Waals surface area contributed by atoms with Crippen molar-refractivity contribution in [1.29, 1.82) is 0 Å². The average molecular weight is 383 g/mol. The molecule has 0 atom stereocenters. The van der Waals surface area contributed by atoms with E-state index in [-0.39, 0.29) is 21.2 Å². The summed E-state index contributed by atoms with van der Waals surface area (Å²) in [7, 11) is -3.52. The zero-order valence-electron chi connectivity index (χ0n) is 13.2. The summed E-state index contributed by atoms with van der Waals surface area (Å²) in [6, 6.07) is 9.52. The average Bonchev–Trinajstić information content (AvgIpc) is 3.13. The molecule has 132 valence electrons. The number of carbonyl (C=O) groups excluding carboxylic acids is 1. The van der Waals surface area contributed by atoms with Gasteiger partial charge in [0.2, 0.25) is 10.0 Å². The summed E-state index contributed by atoms with van der Waals surface area (Å²) >= 11 is 5.67. The van der Waals surface area contributed by atoms with Gasteiger partial charge in [-0.05, 0) is 55.3 Å². The summed E-state index contributed by atoms with van der Waals surface area (Å²) in [5.74, 6) is -1.18. The molecule has 2 aromatic rings. The molecule has 1 amide bonds. The summed E-state index contributed by atoms with van der Waals surface area (Å²) in [5.41, 5.74) is 0.234. The van der Waals surface area contributed by atoms with Crippen LogP contribution in [-0.2, 0) is 10.0 Å². The highest BCUT2D eigenvalue weighted by molar-refractivity contribution is 7.89. The molecule has 1 aliphatic heterocycles. The molecule has 0 aromatic heterocycles. The number of hydrogen-bond acceptors (Lipinski definition) is 3. The number of halogens is 2. The van der Waals surface area contributed by atoms with Gasteiger partial charge in [-0.1, -0.05) is 11.6 Å². The van der Waals surface area contributed by atoms with Crippen molar-refractivity contribution in [3.63, 3.8) is 0 Å². The number of amides is 1. The quantitative estimate of drug-likeness (QED) is 0.879. The Morgan fingerprint density at radius 1 is 1.08 bits per heavy atom. The topological polar surface area (TPSA) is 66.5 Å². The molecule has 1 aliphatic rings. The molecule has 1 heterocycles. The number of benzene rings is 2. The molecule has 1 saturated heterocycles. The second kappa shape index (κ2) is 7.11. The lowest BCUT2D eigenvalue weighted by molar-refractivity contribution is 0.102. The highest BCUT2D eigenvalue weighted by Gasteiger charge is 2.27. The maximum atomic E-state index is 13.7. The van der Waals surface area contributed by atoms with Gasteiger partial charge >= 0.3 is 0 Å². The van der Waals surface area contributed by atoms with Crippen LogP contribution in [0.1, 0.15) is 23.2 Å². The Morgan fingerprint density at radius 2 is 1.72 bits per heavy atom. The third kappa shape index (κ3) is 3.84. The highest BCUT2D eigenvalue weighted by Crippen LogP contribution is 2.22. The Balaban J connectivity index is 1.76. The molecule has 0 aliphatic carbocycles.